The van der Waals surface area contributed by atoms with E-state index in [1.165, 1.54) is 0 Å². The molecule has 0 saturated carbocycles. The van der Waals surface area contributed by atoms with Crippen LogP contribution in [0.4, 0.5) is 5.69 Å². The van der Waals surface area contributed by atoms with Gasteiger partial charge in [0.25, 0.3) is 10.0 Å². The van der Waals surface area contributed by atoms with Crippen LogP contribution in [0.3, 0.4) is 0 Å². The predicted molar refractivity (Wildman–Crippen MR) is 80.6 cm³/mol. The number of anilines is 1. The smallest absolute Gasteiger partial charge is 0.261 e. The number of benzene rings is 2. The number of aromatic nitrogens is 1. The third-order valence-electron chi connectivity index (χ3n) is 3.04. The Labute approximate surface area is 122 Å². The normalized spacial score (nSPS) is 11.7. The van der Waals surface area contributed by atoms with Gasteiger partial charge in [-0.3, -0.25) is 4.72 Å². The third kappa shape index (κ3) is 2.75. The molecule has 0 aliphatic rings. The van der Waals surface area contributed by atoms with Gasteiger partial charge in [0.15, 0.2) is 11.5 Å². The zero-order valence-corrected chi connectivity index (χ0v) is 12.2. The molecule has 5 nitrogen and oxygen atoms in total. The molecule has 1 aromatic heterocycles. The summed E-state index contributed by atoms with van der Waals surface area (Å²) in [6, 6.07) is 13.3. The summed E-state index contributed by atoms with van der Waals surface area (Å²) in [4.78, 5) is 4.51. The summed E-state index contributed by atoms with van der Waals surface area (Å²) in [6.45, 7) is 1.95. The fraction of sp³-hybridized carbons (Fsp3) is 0.133. The van der Waals surface area contributed by atoms with Gasteiger partial charge in [-0.1, -0.05) is 25.1 Å². The van der Waals surface area contributed by atoms with Crippen LogP contribution >= 0.6 is 0 Å². The van der Waals surface area contributed by atoms with Gasteiger partial charge in [-0.05, 0) is 30.3 Å². The van der Waals surface area contributed by atoms with E-state index in [4.69, 9.17) is 4.42 Å². The lowest BCUT2D eigenvalue weighted by Gasteiger charge is -2.07. The number of hydrogen-bond donors (Lipinski definition) is 1. The standard InChI is InChI=1S/C15H14N2O3S/c1-2-15-16-13-10-11(8-9-14(13)20-15)17-21(18,19)12-6-4-3-5-7-12/h3-10,17H,2H2,1H3. The quantitative estimate of drug-likeness (QED) is 0.803. The lowest BCUT2D eigenvalue weighted by Crippen LogP contribution is -2.12. The average molecular weight is 302 g/mol. The van der Waals surface area contributed by atoms with Crippen LogP contribution in [0.15, 0.2) is 57.8 Å². The van der Waals surface area contributed by atoms with Crippen molar-refractivity contribution in [2.24, 2.45) is 0 Å². The van der Waals surface area contributed by atoms with Crippen molar-refractivity contribution in [2.75, 3.05) is 4.72 Å². The minimum atomic E-state index is -3.59. The molecule has 2 aromatic carbocycles. The van der Waals surface area contributed by atoms with Crippen LogP contribution in [0.1, 0.15) is 12.8 Å². The Morgan fingerprint density at radius 2 is 1.90 bits per heavy atom. The second-order valence-electron chi connectivity index (χ2n) is 4.56. The first kappa shape index (κ1) is 13.6. The predicted octanol–water partition coefficient (Wildman–Crippen LogP) is 3.19. The Morgan fingerprint density at radius 1 is 1.14 bits per heavy atom. The van der Waals surface area contributed by atoms with Crippen molar-refractivity contribution in [1.82, 2.24) is 4.98 Å². The molecule has 0 aliphatic carbocycles. The summed E-state index contributed by atoms with van der Waals surface area (Å²) in [5.41, 5.74) is 1.75. The van der Waals surface area contributed by atoms with Crippen LogP contribution in [-0.2, 0) is 16.4 Å². The van der Waals surface area contributed by atoms with Crippen LogP contribution in [0.25, 0.3) is 11.1 Å². The highest BCUT2D eigenvalue weighted by Gasteiger charge is 2.14. The number of nitrogens with zero attached hydrogens (tertiary/aromatic N) is 1. The Hall–Kier alpha value is -2.34. The first-order chi connectivity index (χ1) is 10.1. The van der Waals surface area contributed by atoms with E-state index in [0.717, 1.165) is 0 Å². The van der Waals surface area contributed by atoms with Gasteiger partial charge in [0.05, 0.1) is 10.6 Å². The van der Waals surface area contributed by atoms with E-state index in [1.54, 1.807) is 48.5 Å². The third-order valence-corrected chi connectivity index (χ3v) is 4.44. The Balaban J connectivity index is 1.94. The minimum absolute atomic E-state index is 0.222. The van der Waals surface area contributed by atoms with Crippen molar-refractivity contribution in [1.29, 1.82) is 0 Å². The molecule has 0 atom stereocenters. The topological polar surface area (TPSA) is 72.2 Å². The number of hydrogen-bond acceptors (Lipinski definition) is 4. The molecule has 0 unspecified atom stereocenters. The van der Waals surface area contributed by atoms with Crippen LogP contribution in [-0.4, -0.2) is 13.4 Å². The van der Waals surface area contributed by atoms with E-state index in [1.807, 2.05) is 6.92 Å². The maximum absolute atomic E-state index is 12.2. The molecule has 21 heavy (non-hydrogen) atoms. The largest absolute Gasteiger partial charge is 0.441 e. The van der Waals surface area contributed by atoms with Gasteiger partial charge >= 0.3 is 0 Å². The molecule has 1 heterocycles. The fourth-order valence-corrected chi connectivity index (χ4v) is 3.07. The molecule has 3 rings (SSSR count). The van der Waals surface area contributed by atoms with Crippen molar-refractivity contribution in [2.45, 2.75) is 18.2 Å². The van der Waals surface area contributed by atoms with Gasteiger partial charge in [0.1, 0.15) is 5.52 Å². The lowest BCUT2D eigenvalue weighted by molar-refractivity contribution is 0.538. The summed E-state index contributed by atoms with van der Waals surface area (Å²) in [6.07, 6.45) is 0.694. The molecular formula is C15H14N2O3S. The number of oxazole rings is 1. The van der Waals surface area contributed by atoms with E-state index in [9.17, 15) is 8.42 Å². The summed E-state index contributed by atoms with van der Waals surface area (Å²) in [5.74, 6) is 0.632. The second-order valence-corrected chi connectivity index (χ2v) is 6.24. The van der Waals surface area contributed by atoms with Gasteiger partial charge in [-0.2, -0.15) is 0 Å². The van der Waals surface area contributed by atoms with E-state index in [2.05, 4.69) is 9.71 Å². The summed E-state index contributed by atoms with van der Waals surface area (Å²) < 4.78 is 32.5. The molecule has 0 bridgehead atoms. The second kappa shape index (κ2) is 5.21. The van der Waals surface area contributed by atoms with E-state index in [-0.39, 0.29) is 4.90 Å². The zero-order chi connectivity index (χ0) is 14.9. The first-order valence-corrected chi connectivity index (χ1v) is 8.04. The van der Waals surface area contributed by atoms with Gasteiger partial charge in [0, 0.05) is 6.42 Å². The molecule has 0 radical (unpaired) electrons. The fourth-order valence-electron chi connectivity index (χ4n) is 2.00. The molecule has 0 spiro atoms. The Morgan fingerprint density at radius 3 is 2.62 bits per heavy atom. The van der Waals surface area contributed by atoms with Crippen molar-refractivity contribution >= 4 is 26.8 Å². The molecule has 0 amide bonds. The molecule has 0 fully saturated rings. The van der Waals surface area contributed by atoms with Crippen molar-refractivity contribution in [3.05, 3.63) is 54.4 Å². The monoisotopic (exact) mass is 302 g/mol. The van der Waals surface area contributed by atoms with Gasteiger partial charge < -0.3 is 4.42 Å². The van der Waals surface area contributed by atoms with Crippen LogP contribution in [0, 0.1) is 0 Å². The molecule has 0 saturated heterocycles. The van der Waals surface area contributed by atoms with Crippen LogP contribution in [0.5, 0.6) is 0 Å². The van der Waals surface area contributed by atoms with Crippen LogP contribution < -0.4 is 4.72 Å². The van der Waals surface area contributed by atoms with Gasteiger partial charge in [0.2, 0.25) is 0 Å². The molecule has 108 valence electrons. The maximum atomic E-state index is 12.2. The zero-order valence-electron chi connectivity index (χ0n) is 11.4. The maximum Gasteiger partial charge on any atom is 0.261 e. The summed E-state index contributed by atoms with van der Waals surface area (Å²) in [5, 5.41) is 0. The minimum Gasteiger partial charge on any atom is -0.441 e. The number of rotatable bonds is 4. The van der Waals surface area contributed by atoms with Gasteiger partial charge in [-0.15, -0.1) is 0 Å². The molecule has 0 aliphatic heterocycles. The van der Waals surface area contributed by atoms with E-state index < -0.39 is 10.0 Å². The highest BCUT2D eigenvalue weighted by atomic mass is 32.2. The average Bonchev–Trinajstić information content (AvgIpc) is 2.90. The Bertz CT molecular complexity index is 870. The molecule has 6 heteroatoms. The SMILES string of the molecule is CCc1nc2cc(NS(=O)(=O)c3ccccc3)ccc2o1. The van der Waals surface area contributed by atoms with Crippen LogP contribution in [0.2, 0.25) is 0 Å². The van der Waals surface area contributed by atoms with E-state index in [0.29, 0.717) is 29.1 Å². The van der Waals surface area contributed by atoms with Crippen molar-refractivity contribution in [3.63, 3.8) is 0 Å². The summed E-state index contributed by atoms with van der Waals surface area (Å²) in [7, 11) is -3.59. The highest BCUT2D eigenvalue weighted by Crippen LogP contribution is 2.22. The number of nitrogens with one attached hydrogen (secondary N) is 1. The molecule has 3 aromatic rings. The van der Waals surface area contributed by atoms with Crippen molar-refractivity contribution in [3.8, 4) is 0 Å². The van der Waals surface area contributed by atoms with E-state index >= 15 is 0 Å². The first-order valence-electron chi connectivity index (χ1n) is 6.56. The molecular weight excluding hydrogens is 288 g/mol. The van der Waals surface area contributed by atoms with Gasteiger partial charge in [-0.25, -0.2) is 13.4 Å². The Kier molecular flexibility index (Phi) is 3.39. The molecule has 1 N–H and O–H groups in total. The summed E-state index contributed by atoms with van der Waals surface area (Å²) >= 11 is 0. The number of aryl methyl sites for hydroxylation is 1. The number of sulfonamides is 1. The van der Waals surface area contributed by atoms with Crippen molar-refractivity contribution < 1.29 is 12.8 Å². The highest BCUT2D eigenvalue weighted by molar-refractivity contribution is 7.92. The lowest BCUT2D eigenvalue weighted by atomic mass is 10.3. The number of fused-ring (bicyclic) bond motifs is 1.